The van der Waals surface area contributed by atoms with Crippen LogP contribution in [0.25, 0.3) is 0 Å². The maximum absolute atomic E-state index is 13.0. The summed E-state index contributed by atoms with van der Waals surface area (Å²) in [6.45, 7) is 2.26. The van der Waals surface area contributed by atoms with Crippen molar-refractivity contribution in [3.63, 3.8) is 0 Å². The van der Waals surface area contributed by atoms with Crippen LogP contribution in [0.3, 0.4) is 0 Å². The van der Waals surface area contributed by atoms with Crippen LogP contribution in [0, 0.1) is 11.7 Å². The molecule has 0 saturated heterocycles. The van der Waals surface area contributed by atoms with Crippen LogP contribution in [-0.2, 0) is 4.74 Å². The fraction of sp³-hybridized carbons (Fsp3) is 0.625. The Morgan fingerprint density at radius 2 is 2.05 bits per heavy atom. The van der Waals surface area contributed by atoms with E-state index in [1.807, 2.05) is 12.1 Å². The normalized spacial score (nSPS) is 25.2. The summed E-state index contributed by atoms with van der Waals surface area (Å²) in [5, 5.41) is 0.756. The lowest BCUT2D eigenvalue weighted by Gasteiger charge is -2.31. The van der Waals surface area contributed by atoms with Crippen molar-refractivity contribution < 1.29 is 9.13 Å². The van der Waals surface area contributed by atoms with E-state index >= 15 is 0 Å². The van der Waals surface area contributed by atoms with Gasteiger partial charge in [0.1, 0.15) is 5.82 Å². The van der Waals surface area contributed by atoms with Gasteiger partial charge in [-0.3, -0.25) is 0 Å². The first-order chi connectivity index (χ1) is 9.22. The largest absolute Gasteiger partial charge is 0.369 e. The fourth-order valence-corrected chi connectivity index (χ4v) is 3.38. The Balaban J connectivity index is 1.96. The predicted octanol–water partition coefficient (Wildman–Crippen LogP) is 5.25. The summed E-state index contributed by atoms with van der Waals surface area (Å²) in [6.07, 6.45) is 6.55. The molecule has 1 aromatic rings. The molecule has 0 aromatic heterocycles. The van der Waals surface area contributed by atoms with Crippen molar-refractivity contribution in [1.82, 2.24) is 0 Å². The molecule has 106 valence electrons. The molecule has 0 spiro atoms. The Bertz CT molecular complexity index is 379. The van der Waals surface area contributed by atoms with Crippen LogP contribution in [0.4, 0.5) is 4.39 Å². The molecule has 3 heteroatoms. The quantitative estimate of drug-likeness (QED) is 0.671. The van der Waals surface area contributed by atoms with E-state index in [2.05, 4.69) is 22.9 Å². The molecule has 3 atom stereocenters. The minimum Gasteiger partial charge on any atom is -0.369 e. The van der Waals surface area contributed by atoms with E-state index in [0.717, 1.165) is 23.2 Å². The van der Waals surface area contributed by atoms with Gasteiger partial charge in [-0.15, -0.1) is 0 Å². The van der Waals surface area contributed by atoms with Crippen LogP contribution < -0.4 is 0 Å². The van der Waals surface area contributed by atoms with E-state index in [0.29, 0.717) is 6.10 Å². The van der Waals surface area contributed by atoms with Gasteiger partial charge in [0.15, 0.2) is 0 Å². The SMILES string of the molecule is CCC1CCCC(OC(CBr)c2ccc(F)cc2)C1. The van der Waals surface area contributed by atoms with Gasteiger partial charge < -0.3 is 4.74 Å². The molecule has 0 N–H and O–H groups in total. The molecule has 0 amide bonds. The summed E-state index contributed by atoms with van der Waals surface area (Å²) in [5.41, 5.74) is 1.05. The second-order valence-electron chi connectivity index (χ2n) is 5.39. The third-order valence-corrected chi connectivity index (χ3v) is 4.64. The van der Waals surface area contributed by atoms with E-state index in [1.165, 1.54) is 37.8 Å². The molecular weight excluding hydrogens is 307 g/mol. The number of hydrogen-bond acceptors (Lipinski definition) is 1. The Morgan fingerprint density at radius 3 is 2.68 bits per heavy atom. The summed E-state index contributed by atoms with van der Waals surface area (Å²) in [6, 6.07) is 6.65. The van der Waals surface area contributed by atoms with Gasteiger partial charge in [-0.2, -0.15) is 0 Å². The number of halogens is 2. The van der Waals surface area contributed by atoms with E-state index in [9.17, 15) is 4.39 Å². The van der Waals surface area contributed by atoms with E-state index in [4.69, 9.17) is 4.74 Å². The molecule has 2 rings (SSSR count). The van der Waals surface area contributed by atoms with Crippen LogP contribution in [0.2, 0.25) is 0 Å². The minimum atomic E-state index is -0.194. The van der Waals surface area contributed by atoms with Gasteiger partial charge >= 0.3 is 0 Å². The summed E-state index contributed by atoms with van der Waals surface area (Å²) in [7, 11) is 0. The summed E-state index contributed by atoms with van der Waals surface area (Å²) in [5.74, 6) is 0.615. The summed E-state index contributed by atoms with van der Waals surface area (Å²) < 4.78 is 19.2. The van der Waals surface area contributed by atoms with Crippen LogP contribution >= 0.6 is 15.9 Å². The molecule has 1 aliphatic rings. The molecule has 0 heterocycles. The van der Waals surface area contributed by atoms with Crippen LogP contribution in [-0.4, -0.2) is 11.4 Å². The molecule has 3 unspecified atom stereocenters. The lowest BCUT2D eigenvalue weighted by atomic mass is 9.85. The zero-order valence-corrected chi connectivity index (χ0v) is 13.0. The topological polar surface area (TPSA) is 9.23 Å². The van der Waals surface area contributed by atoms with Crippen molar-refractivity contribution in [2.24, 2.45) is 5.92 Å². The lowest BCUT2D eigenvalue weighted by molar-refractivity contribution is -0.0312. The van der Waals surface area contributed by atoms with E-state index in [-0.39, 0.29) is 11.9 Å². The van der Waals surface area contributed by atoms with Gasteiger partial charge in [-0.25, -0.2) is 4.39 Å². The zero-order valence-electron chi connectivity index (χ0n) is 11.4. The highest BCUT2D eigenvalue weighted by atomic mass is 79.9. The van der Waals surface area contributed by atoms with Crippen molar-refractivity contribution in [2.45, 2.75) is 51.2 Å². The van der Waals surface area contributed by atoms with Gasteiger partial charge in [0, 0.05) is 5.33 Å². The molecule has 19 heavy (non-hydrogen) atoms. The fourth-order valence-electron chi connectivity index (χ4n) is 2.85. The van der Waals surface area contributed by atoms with Gasteiger partial charge in [-0.05, 0) is 36.5 Å². The van der Waals surface area contributed by atoms with Crippen molar-refractivity contribution in [3.8, 4) is 0 Å². The van der Waals surface area contributed by atoms with Crippen LogP contribution in [0.5, 0.6) is 0 Å². The molecule has 0 bridgehead atoms. The van der Waals surface area contributed by atoms with Gasteiger partial charge in [0.2, 0.25) is 0 Å². The number of rotatable bonds is 5. The first-order valence-electron chi connectivity index (χ1n) is 7.19. The monoisotopic (exact) mass is 328 g/mol. The third kappa shape index (κ3) is 4.28. The Morgan fingerprint density at radius 1 is 1.32 bits per heavy atom. The van der Waals surface area contributed by atoms with E-state index < -0.39 is 0 Å². The van der Waals surface area contributed by atoms with Crippen molar-refractivity contribution in [1.29, 1.82) is 0 Å². The van der Waals surface area contributed by atoms with Gasteiger partial charge in [0.05, 0.1) is 12.2 Å². The van der Waals surface area contributed by atoms with Crippen LogP contribution in [0.1, 0.15) is 50.7 Å². The predicted molar refractivity (Wildman–Crippen MR) is 80.1 cm³/mol. The maximum Gasteiger partial charge on any atom is 0.123 e. The van der Waals surface area contributed by atoms with Gasteiger partial charge in [-0.1, -0.05) is 54.2 Å². The molecule has 1 nitrogen and oxygen atoms in total. The maximum atomic E-state index is 13.0. The molecule has 1 aromatic carbocycles. The highest BCUT2D eigenvalue weighted by Crippen LogP contribution is 2.32. The first kappa shape index (κ1) is 15.0. The number of ether oxygens (including phenoxy) is 1. The van der Waals surface area contributed by atoms with Crippen molar-refractivity contribution >= 4 is 15.9 Å². The Labute approximate surface area is 123 Å². The first-order valence-corrected chi connectivity index (χ1v) is 8.32. The summed E-state index contributed by atoms with van der Waals surface area (Å²) in [4.78, 5) is 0. The summed E-state index contributed by atoms with van der Waals surface area (Å²) >= 11 is 3.51. The second kappa shape index (κ2) is 7.39. The number of benzene rings is 1. The highest BCUT2D eigenvalue weighted by Gasteiger charge is 2.24. The average molecular weight is 329 g/mol. The Kier molecular flexibility index (Phi) is 5.83. The molecule has 0 radical (unpaired) electrons. The minimum absolute atomic E-state index is 0.0289. The zero-order chi connectivity index (χ0) is 13.7. The van der Waals surface area contributed by atoms with E-state index in [1.54, 1.807) is 0 Å². The average Bonchev–Trinajstić information content (AvgIpc) is 2.46. The molecule has 1 fully saturated rings. The second-order valence-corrected chi connectivity index (χ2v) is 6.04. The molecule has 1 aliphatic carbocycles. The standard InChI is InChI=1S/C16H22BrFO/c1-2-12-4-3-5-15(10-12)19-16(11-17)13-6-8-14(18)9-7-13/h6-9,12,15-16H,2-5,10-11H2,1H3. The molecule has 0 aliphatic heterocycles. The highest BCUT2D eigenvalue weighted by molar-refractivity contribution is 9.09. The van der Waals surface area contributed by atoms with Crippen LogP contribution in [0.15, 0.2) is 24.3 Å². The number of alkyl halides is 1. The molecule has 1 saturated carbocycles. The number of hydrogen-bond donors (Lipinski definition) is 0. The van der Waals surface area contributed by atoms with Crippen molar-refractivity contribution in [2.75, 3.05) is 5.33 Å². The third-order valence-electron chi connectivity index (χ3n) is 4.05. The molecular formula is C16H22BrFO. The smallest absolute Gasteiger partial charge is 0.123 e. The van der Waals surface area contributed by atoms with Crippen molar-refractivity contribution in [3.05, 3.63) is 35.6 Å². The van der Waals surface area contributed by atoms with Gasteiger partial charge in [0.25, 0.3) is 0 Å². The Hall–Kier alpha value is -0.410. The lowest BCUT2D eigenvalue weighted by Crippen LogP contribution is -2.25.